The zero-order chi connectivity index (χ0) is 16.5. The van der Waals surface area contributed by atoms with Crippen molar-refractivity contribution in [2.45, 2.75) is 12.7 Å². The number of imidazole rings is 1. The average Bonchev–Trinajstić information content (AvgIpc) is 2.72. The fourth-order valence-corrected chi connectivity index (χ4v) is 2.12. The van der Waals surface area contributed by atoms with Gasteiger partial charge < -0.3 is 9.30 Å². The fourth-order valence-electron chi connectivity index (χ4n) is 1.88. The fraction of sp³-hybridized carbons (Fsp3) is 0.231. The van der Waals surface area contributed by atoms with Crippen LogP contribution in [0, 0.1) is 0 Å². The molecule has 0 saturated heterocycles. The van der Waals surface area contributed by atoms with Crippen molar-refractivity contribution in [3.8, 4) is 0 Å². The molecule has 0 aliphatic rings. The van der Waals surface area contributed by atoms with E-state index < -0.39 is 17.7 Å². The van der Waals surface area contributed by atoms with Crippen molar-refractivity contribution < 1.29 is 22.7 Å². The van der Waals surface area contributed by atoms with Gasteiger partial charge >= 0.3 is 12.1 Å². The Labute approximate surface area is 130 Å². The van der Waals surface area contributed by atoms with Crippen molar-refractivity contribution >= 4 is 31.0 Å². The minimum atomic E-state index is -4.41. The Hall–Kier alpha value is -1.96. The summed E-state index contributed by atoms with van der Waals surface area (Å²) in [5, 5.41) is -0.0576. The molecule has 0 aliphatic heterocycles. The average molecular weight is 328 g/mol. The number of hydrogen-bond acceptors (Lipinski definition) is 3. The molecule has 1 heterocycles. The number of rotatable bonds is 3. The number of benzene rings is 1. The lowest BCUT2D eigenvalue weighted by molar-refractivity contribution is -0.137. The van der Waals surface area contributed by atoms with Gasteiger partial charge in [-0.1, -0.05) is 12.1 Å². The van der Waals surface area contributed by atoms with E-state index >= 15 is 0 Å². The van der Waals surface area contributed by atoms with Gasteiger partial charge in [0, 0.05) is 5.59 Å². The third-order valence-corrected chi connectivity index (χ3v) is 3.24. The molecule has 0 amide bonds. The Bertz CT molecular complexity index is 699. The lowest BCUT2D eigenvalue weighted by Gasteiger charge is -2.11. The van der Waals surface area contributed by atoms with Gasteiger partial charge in [-0.2, -0.15) is 13.2 Å². The second-order valence-corrected chi connectivity index (χ2v) is 4.73. The molecule has 0 bridgehead atoms. The Morgan fingerprint density at radius 3 is 2.45 bits per heavy atom. The minimum absolute atomic E-state index is 0.0333. The number of aromatic nitrogens is 2. The van der Waals surface area contributed by atoms with E-state index in [0.29, 0.717) is 5.56 Å². The van der Waals surface area contributed by atoms with E-state index in [0.717, 1.165) is 12.1 Å². The molecule has 1 aromatic heterocycles. The van der Waals surface area contributed by atoms with Crippen LogP contribution in [0.1, 0.15) is 21.6 Å². The monoisotopic (exact) mass is 328 g/mol. The van der Waals surface area contributed by atoms with Gasteiger partial charge in [-0.15, -0.1) is 0 Å². The maximum absolute atomic E-state index is 12.5. The minimum Gasteiger partial charge on any atom is -0.464 e. The number of hydrogen-bond donors (Lipinski definition) is 0. The third kappa shape index (κ3) is 3.27. The highest BCUT2D eigenvalue weighted by molar-refractivity contribution is 6.36. The van der Waals surface area contributed by atoms with Crippen molar-refractivity contribution in [3.05, 3.63) is 46.4 Å². The van der Waals surface area contributed by atoms with Crippen LogP contribution < -0.4 is 5.59 Å². The molecule has 9 heteroatoms. The summed E-state index contributed by atoms with van der Waals surface area (Å²) in [5.74, 6) is -0.733. The predicted molar refractivity (Wildman–Crippen MR) is 74.5 cm³/mol. The van der Waals surface area contributed by atoms with Crippen LogP contribution in [-0.4, -0.2) is 30.5 Å². The third-order valence-electron chi connectivity index (χ3n) is 2.95. The highest BCUT2D eigenvalue weighted by atomic mass is 35.5. The first-order valence-corrected chi connectivity index (χ1v) is 6.37. The number of carbonyl (C=O) groups excluding carboxylic acids is 1. The Kier molecular flexibility index (Phi) is 4.51. The topological polar surface area (TPSA) is 44.1 Å². The summed E-state index contributed by atoms with van der Waals surface area (Å²) in [7, 11) is 6.76. The molecule has 4 nitrogen and oxygen atoms in total. The molecule has 0 fully saturated rings. The first-order valence-electron chi connectivity index (χ1n) is 6.00. The van der Waals surface area contributed by atoms with Crippen LogP contribution in [0.4, 0.5) is 13.2 Å². The van der Waals surface area contributed by atoms with Gasteiger partial charge in [0.25, 0.3) is 0 Å². The van der Waals surface area contributed by atoms with Gasteiger partial charge in [0.1, 0.15) is 13.5 Å². The molecule has 0 unspecified atom stereocenters. The predicted octanol–water partition coefficient (Wildman–Crippen LogP) is 2.18. The summed E-state index contributed by atoms with van der Waals surface area (Å²) in [6, 6.07) is 4.47. The molecule has 0 N–H and O–H groups in total. The smallest absolute Gasteiger partial charge is 0.416 e. The lowest BCUT2D eigenvalue weighted by Crippen LogP contribution is -2.21. The molecule has 2 rings (SSSR count). The molecular formula is C13H9BClF3N2O2. The van der Waals surface area contributed by atoms with Crippen LogP contribution >= 0.6 is 11.6 Å². The summed E-state index contributed by atoms with van der Waals surface area (Å²) in [6.45, 7) is 0.0333. The number of nitrogens with zero attached hydrogens (tertiary/aromatic N) is 2. The second kappa shape index (κ2) is 6.04. The molecular weight excluding hydrogens is 319 g/mol. The van der Waals surface area contributed by atoms with E-state index in [9.17, 15) is 18.0 Å². The first kappa shape index (κ1) is 16.4. The number of ether oxygens (including phenoxy) is 1. The zero-order valence-corrected chi connectivity index (χ0v) is 12.1. The van der Waals surface area contributed by atoms with E-state index in [4.69, 9.17) is 19.4 Å². The van der Waals surface area contributed by atoms with Gasteiger partial charge in [-0.3, -0.25) is 0 Å². The van der Waals surface area contributed by atoms with E-state index in [1.807, 2.05) is 0 Å². The number of halogens is 4. The second-order valence-electron chi connectivity index (χ2n) is 4.39. The van der Waals surface area contributed by atoms with Gasteiger partial charge in [0.2, 0.25) is 5.28 Å². The Balaban J connectivity index is 2.33. The zero-order valence-electron chi connectivity index (χ0n) is 11.3. The van der Waals surface area contributed by atoms with Crippen LogP contribution in [0.3, 0.4) is 0 Å². The molecule has 22 heavy (non-hydrogen) atoms. The van der Waals surface area contributed by atoms with E-state index in [1.54, 1.807) is 0 Å². The summed E-state index contributed by atoms with van der Waals surface area (Å²) < 4.78 is 43.4. The Morgan fingerprint density at radius 2 is 1.95 bits per heavy atom. The SMILES string of the molecule is [B]c1nc(Cl)n(Cc2ccc(C(F)(F)F)cc2)c1C(=O)OC. The number of esters is 1. The molecule has 114 valence electrons. The maximum Gasteiger partial charge on any atom is 0.416 e. The van der Waals surface area contributed by atoms with Gasteiger partial charge in [0.05, 0.1) is 19.2 Å². The van der Waals surface area contributed by atoms with E-state index in [1.165, 1.54) is 23.8 Å². The highest BCUT2D eigenvalue weighted by Gasteiger charge is 2.30. The van der Waals surface area contributed by atoms with Crippen molar-refractivity contribution in [3.63, 3.8) is 0 Å². The van der Waals surface area contributed by atoms with Crippen LogP contribution in [-0.2, 0) is 17.5 Å². The van der Waals surface area contributed by atoms with Crippen LogP contribution in [0.25, 0.3) is 0 Å². The summed E-state index contributed by atoms with van der Waals surface area (Å²) in [4.78, 5) is 15.4. The summed E-state index contributed by atoms with van der Waals surface area (Å²) in [5.41, 5.74) is -0.422. The van der Waals surface area contributed by atoms with Crippen LogP contribution in [0.5, 0.6) is 0 Å². The molecule has 2 radical (unpaired) electrons. The molecule has 0 spiro atoms. The molecule has 1 aromatic carbocycles. The number of alkyl halides is 3. The van der Waals surface area contributed by atoms with Crippen molar-refractivity contribution in [2.75, 3.05) is 7.11 Å². The van der Waals surface area contributed by atoms with Gasteiger partial charge in [-0.25, -0.2) is 9.78 Å². The standard InChI is InChI=1S/C13H9BClF3N2O2/c1-22-11(21)9-10(14)19-12(15)20(9)6-7-2-4-8(5-3-7)13(16,17)18/h2-5H,6H2,1H3. The molecule has 2 aromatic rings. The lowest BCUT2D eigenvalue weighted by atomic mass is 10.0. The maximum atomic E-state index is 12.5. The molecule has 0 aliphatic carbocycles. The normalized spacial score (nSPS) is 11.5. The van der Waals surface area contributed by atoms with Crippen molar-refractivity contribution in [1.82, 2.24) is 9.55 Å². The first-order chi connectivity index (χ1) is 10.2. The van der Waals surface area contributed by atoms with Crippen LogP contribution in [0.15, 0.2) is 24.3 Å². The van der Waals surface area contributed by atoms with Crippen LogP contribution in [0.2, 0.25) is 5.28 Å². The quantitative estimate of drug-likeness (QED) is 0.641. The van der Waals surface area contributed by atoms with Gasteiger partial charge in [-0.05, 0) is 29.3 Å². The van der Waals surface area contributed by atoms with Crippen molar-refractivity contribution in [1.29, 1.82) is 0 Å². The molecule has 0 atom stereocenters. The number of carbonyl (C=O) groups is 1. The van der Waals surface area contributed by atoms with E-state index in [2.05, 4.69) is 9.72 Å². The molecule has 0 saturated carbocycles. The summed E-state index contributed by atoms with van der Waals surface area (Å²) in [6.07, 6.45) is -4.41. The van der Waals surface area contributed by atoms with E-state index in [-0.39, 0.29) is 23.1 Å². The van der Waals surface area contributed by atoms with Crippen molar-refractivity contribution in [2.24, 2.45) is 0 Å². The van der Waals surface area contributed by atoms with Gasteiger partial charge in [0.15, 0.2) is 0 Å². The largest absolute Gasteiger partial charge is 0.464 e. The Morgan fingerprint density at radius 1 is 1.36 bits per heavy atom. The number of methoxy groups -OCH3 is 1. The highest BCUT2D eigenvalue weighted by Crippen LogP contribution is 2.29. The summed E-state index contributed by atoms with van der Waals surface area (Å²) >= 11 is 5.89.